The van der Waals surface area contributed by atoms with Crippen LogP contribution in [0.3, 0.4) is 0 Å². The fourth-order valence-corrected chi connectivity index (χ4v) is 1.54. The second-order valence-electron chi connectivity index (χ2n) is 3.62. The van der Waals surface area contributed by atoms with Crippen LogP contribution in [-0.2, 0) is 0 Å². The van der Waals surface area contributed by atoms with E-state index in [9.17, 15) is 0 Å². The first-order valence-electron chi connectivity index (χ1n) is 5.54. The van der Waals surface area contributed by atoms with Crippen LogP contribution in [0.15, 0.2) is 49.2 Å². The van der Waals surface area contributed by atoms with E-state index < -0.39 is 0 Å². The van der Waals surface area contributed by atoms with Gasteiger partial charge >= 0.3 is 0 Å². The number of nitrogens with one attached hydrogen (secondary N) is 1. The van der Waals surface area contributed by atoms with Crippen LogP contribution in [0.1, 0.15) is 23.6 Å². The fraction of sp³-hybridized carbons (Fsp3) is 0.214. The van der Waals surface area contributed by atoms with Gasteiger partial charge in [0.2, 0.25) is 0 Å². The van der Waals surface area contributed by atoms with Crippen LogP contribution in [0.2, 0.25) is 0 Å². The summed E-state index contributed by atoms with van der Waals surface area (Å²) >= 11 is 0. The zero-order valence-corrected chi connectivity index (χ0v) is 9.76. The third-order valence-corrected chi connectivity index (χ3v) is 2.37. The van der Waals surface area contributed by atoms with Gasteiger partial charge in [0.1, 0.15) is 0 Å². The number of hydrogen-bond acceptors (Lipinski definition) is 3. The van der Waals surface area contributed by atoms with E-state index in [1.54, 1.807) is 6.07 Å². The molecule has 3 nitrogen and oxygen atoms in total. The average Bonchev–Trinajstić information content (AvgIpc) is 2.38. The predicted molar refractivity (Wildman–Crippen MR) is 70.0 cm³/mol. The summed E-state index contributed by atoms with van der Waals surface area (Å²) in [7, 11) is 0. The predicted octanol–water partition coefficient (Wildman–Crippen LogP) is 2.24. The summed E-state index contributed by atoms with van der Waals surface area (Å²) in [5.41, 5.74) is 7.13. The molecular formula is C14H17N3. The highest BCUT2D eigenvalue weighted by Crippen LogP contribution is 2.18. The van der Waals surface area contributed by atoms with E-state index in [1.807, 2.05) is 36.6 Å². The lowest BCUT2D eigenvalue weighted by Gasteiger charge is -2.16. The molecule has 1 atom stereocenters. The molecule has 0 amide bonds. The van der Waals surface area contributed by atoms with Crippen molar-refractivity contribution in [1.29, 1.82) is 5.26 Å². The van der Waals surface area contributed by atoms with E-state index in [-0.39, 0.29) is 6.04 Å². The van der Waals surface area contributed by atoms with Crippen molar-refractivity contribution in [2.24, 2.45) is 5.73 Å². The first kappa shape index (κ1) is 13.0. The highest BCUT2D eigenvalue weighted by molar-refractivity contribution is 5.34. The Labute approximate surface area is 102 Å². The van der Waals surface area contributed by atoms with Crippen molar-refractivity contribution in [2.45, 2.75) is 12.5 Å². The van der Waals surface area contributed by atoms with E-state index in [0.29, 0.717) is 12.1 Å². The molecule has 0 aromatic heterocycles. The lowest BCUT2D eigenvalue weighted by atomic mass is 10.0. The van der Waals surface area contributed by atoms with Crippen LogP contribution >= 0.6 is 0 Å². The molecule has 0 fully saturated rings. The van der Waals surface area contributed by atoms with Gasteiger partial charge in [0.15, 0.2) is 0 Å². The molecule has 17 heavy (non-hydrogen) atoms. The van der Waals surface area contributed by atoms with Gasteiger partial charge in [-0.15, -0.1) is 6.58 Å². The summed E-state index contributed by atoms with van der Waals surface area (Å²) in [6.45, 7) is 4.25. The molecule has 0 radical (unpaired) electrons. The van der Waals surface area contributed by atoms with Crippen molar-refractivity contribution in [3.05, 3.63) is 60.3 Å². The van der Waals surface area contributed by atoms with Crippen LogP contribution in [0, 0.1) is 11.3 Å². The van der Waals surface area contributed by atoms with Gasteiger partial charge in [0.05, 0.1) is 17.7 Å². The molecule has 1 unspecified atom stereocenters. The van der Waals surface area contributed by atoms with E-state index in [4.69, 9.17) is 11.0 Å². The van der Waals surface area contributed by atoms with Gasteiger partial charge in [-0.25, -0.2) is 0 Å². The molecule has 0 heterocycles. The van der Waals surface area contributed by atoms with Crippen molar-refractivity contribution < 1.29 is 0 Å². The number of nitriles is 1. The Balaban J connectivity index is 2.84. The standard InChI is InChI=1S/C14H17N3/c1-2-5-14(17-9-4-8-15)13-7-3-6-12(10-13)11-16/h2-4,6-7,9-10,14,17H,1,5,8,15H2/b9-4-. The minimum Gasteiger partial charge on any atom is -0.384 e. The Morgan fingerprint density at radius 3 is 3.00 bits per heavy atom. The van der Waals surface area contributed by atoms with Crippen LogP contribution < -0.4 is 11.1 Å². The zero-order chi connectivity index (χ0) is 12.5. The first-order chi connectivity index (χ1) is 8.31. The Morgan fingerprint density at radius 2 is 2.35 bits per heavy atom. The lowest BCUT2D eigenvalue weighted by Crippen LogP contribution is -2.15. The lowest BCUT2D eigenvalue weighted by molar-refractivity contribution is 0.631. The van der Waals surface area contributed by atoms with Gasteiger partial charge in [-0.05, 0) is 30.3 Å². The topological polar surface area (TPSA) is 61.8 Å². The largest absolute Gasteiger partial charge is 0.384 e. The van der Waals surface area contributed by atoms with Crippen molar-refractivity contribution in [1.82, 2.24) is 5.32 Å². The molecular weight excluding hydrogens is 210 g/mol. The molecule has 0 spiro atoms. The summed E-state index contributed by atoms with van der Waals surface area (Å²) in [4.78, 5) is 0. The van der Waals surface area contributed by atoms with E-state index in [1.165, 1.54) is 0 Å². The van der Waals surface area contributed by atoms with E-state index in [2.05, 4.69) is 18.0 Å². The van der Waals surface area contributed by atoms with E-state index >= 15 is 0 Å². The maximum absolute atomic E-state index is 8.87. The smallest absolute Gasteiger partial charge is 0.0991 e. The zero-order valence-electron chi connectivity index (χ0n) is 9.76. The minimum atomic E-state index is 0.128. The Morgan fingerprint density at radius 1 is 1.53 bits per heavy atom. The Kier molecular flexibility index (Phi) is 5.56. The number of nitrogens with two attached hydrogens (primary N) is 1. The maximum Gasteiger partial charge on any atom is 0.0991 e. The molecule has 1 aromatic rings. The normalized spacial score (nSPS) is 12.0. The molecule has 88 valence electrons. The molecule has 0 saturated heterocycles. The van der Waals surface area contributed by atoms with Crippen LogP contribution in [0.5, 0.6) is 0 Å². The van der Waals surface area contributed by atoms with Gasteiger partial charge in [0, 0.05) is 6.54 Å². The van der Waals surface area contributed by atoms with Gasteiger partial charge in [0.25, 0.3) is 0 Å². The molecule has 0 bridgehead atoms. The maximum atomic E-state index is 8.87. The van der Waals surface area contributed by atoms with E-state index in [0.717, 1.165) is 12.0 Å². The second-order valence-corrected chi connectivity index (χ2v) is 3.62. The van der Waals surface area contributed by atoms with Crippen LogP contribution in [0.4, 0.5) is 0 Å². The number of hydrogen-bond donors (Lipinski definition) is 2. The molecule has 0 saturated carbocycles. The molecule has 3 heteroatoms. The quantitative estimate of drug-likeness (QED) is 0.733. The highest BCUT2D eigenvalue weighted by Gasteiger charge is 2.07. The number of rotatable bonds is 6. The summed E-state index contributed by atoms with van der Waals surface area (Å²) in [6, 6.07) is 9.84. The van der Waals surface area contributed by atoms with Crippen LogP contribution in [0.25, 0.3) is 0 Å². The Hall–Kier alpha value is -2.05. The number of benzene rings is 1. The molecule has 3 N–H and O–H groups in total. The van der Waals surface area contributed by atoms with Crippen molar-refractivity contribution in [3.63, 3.8) is 0 Å². The third-order valence-electron chi connectivity index (χ3n) is 2.37. The van der Waals surface area contributed by atoms with Crippen molar-refractivity contribution in [3.8, 4) is 6.07 Å². The molecule has 1 rings (SSSR count). The minimum absolute atomic E-state index is 0.128. The second kappa shape index (κ2) is 7.26. The third kappa shape index (κ3) is 4.13. The average molecular weight is 227 g/mol. The van der Waals surface area contributed by atoms with Gasteiger partial charge in [-0.3, -0.25) is 0 Å². The molecule has 0 aliphatic heterocycles. The van der Waals surface area contributed by atoms with Gasteiger partial charge < -0.3 is 11.1 Å². The van der Waals surface area contributed by atoms with Gasteiger partial charge in [-0.2, -0.15) is 5.26 Å². The molecule has 0 aliphatic rings. The first-order valence-corrected chi connectivity index (χ1v) is 5.54. The summed E-state index contributed by atoms with van der Waals surface area (Å²) in [5, 5.41) is 12.1. The molecule has 1 aromatic carbocycles. The van der Waals surface area contributed by atoms with Crippen molar-refractivity contribution >= 4 is 0 Å². The SMILES string of the molecule is C=CCC(N/C=C\CN)c1cccc(C#N)c1. The fourth-order valence-electron chi connectivity index (χ4n) is 1.54. The Bertz CT molecular complexity index is 429. The number of nitrogens with zero attached hydrogens (tertiary/aromatic N) is 1. The summed E-state index contributed by atoms with van der Waals surface area (Å²) < 4.78 is 0. The van der Waals surface area contributed by atoms with Crippen LogP contribution in [-0.4, -0.2) is 6.54 Å². The highest BCUT2D eigenvalue weighted by atomic mass is 14.9. The van der Waals surface area contributed by atoms with Gasteiger partial charge in [-0.1, -0.05) is 24.3 Å². The monoisotopic (exact) mass is 227 g/mol. The molecule has 0 aliphatic carbocycles. The van der Waals surface area contributed by atoms with Crippen molar-refractivity contribution in [2.75, 3.05) is 6.54 Å². The summed E-state index contributed by atoms with van der Waals surface area (Å²) in [6.07, 6.45) is 6.34. The summed E-state index contributed by atoms with van der Waals surface area (Å²) in [5.74, 6) is 0.